The first-order valence-electron chi connectivity index (χ1n) is 5.64. The maximum Gasteiger partial charge on any atom is 0.240 e. The Bertz CT molecular complexity index is 428. The Labute approximate surface area is 103 Å². The van der Waals surface area contributed by atoms with Gasteiger partial charge in [-0.1, -0.05) is 25.1 Å². The molecule has 0 amide bonds. The zero-order valence-electron chi connectivity index (χ0n) is 10.1. The Kier molecular flexibility index (Phi) is 5.11. The van der Waals surface area contributed by atoms with Crippen LogP contribution in [-0.4, -0.2) is 26.2 Å². The second-order valence-electron chi connectivity index (χ2n) is 4.35. The van der Waals surface area contributed by atoms with E-state index in [9.17, 15) is 13.5 Å². The van der Waals surface area contributed by atoms with Crippen molar-refractivity contribution in [3.63, 3.8) is 0 Å². The highest BCUT2D eigenvalue weighted by atomic mass is 32.2. The first kappa shape index (κ1) is 14.2. The standard InChI is InChI=1S/C12H19NO3S/c1-10(8-11(2)14)9-13-17(15,16)12-6-4-3-5-7-12/h3-7,10-11,13-14H,8-9H2,1-2H3. The maximum absolute atomic E-state index is 11.8. The zero-order chi connectivity index (χ0) is 12.9. The Balaban J connectivity index is 2.57. The number of aliphatic hydroxyl groups is 1. The SMILES string of the molecule is CC(O)CC(C)CNS(=O)(=O)c1ccccc1. The third-order valence-corrected chi connectivity index (χ3v) is 3.86. The van der Waals surface area contributed by atoms with Crippen molar-refractivity contribution in [3.05, 3.63) is 30.3 Å². The van der Waals surface area contributed by atoms with Crippen LogP contribution in [0.25, 0.3) is 0 Å². The highest BCUT2D eigenvalue weighted by Gasteiger charge is 2.15. The van der Waals surface area contributed by atoms with Crippen molar-refractivity contribution in [1.82, 2.24) is 4.72 Å². The minimum absolute atomic E-state index is 0.105. The number of benzene rings is 1. The van der Waals surface area contributed by atoms with Crippen molar-refractivity contribution >= 4 is 10.0 Å². The fourth-order valence-electron chi connectivity index (χ4n) is 1.60. The van der Waals surface area contributed by atoms with Crippen molar-refractivity contribution in [1.29, 1.82) is 0 Å². The van der Waals surface area contributed by atoms with Gasteiger partial charge in [0.05, 0.1) is 11.0 Å². The first-order valence-corrected chi connectivity index (χ1v) is 7.13. The molecule has 2 atom stereocenters. The normalized spacial score (nSPS) is 15.5. The third kappa shape index (κ3) is 4.85. The first-order chi connectivity index (χ1) is 7.92. The van der Waals surface area contributed by atoms with E-state index in [1.54, 1.807) is 37.3 Å². The lowest BCUT2D eigenvalue weighted by Gasteiger charge is -2.14. The lowest BCUT2D eigenvalue weighted by atomic mass is 10.1. The Hall–Kier alpha value is -0.910. The fourth-order valence-corrected chi connectivity index (χ4v) is 2.79. The molecule has 0 bridgehead atoms. The van der Waals surface area contributed by atoms with Gasteiger partial charge >= 0.3 is 0 Å². The molecule has 1 aromatic carbocycles. The predicted molar refractivity (Wildman–Crippen MR) is 67.1 cm³/mol. The summed E-state index contributed by atoms with van der Waals surface area (Å²) in [6.45, 7) is 3.94. The summed E-state index contributed by atoms with van der Waals surface area (Å²) < 4.78 is 26.2. The Morgan fingerprint density at radius 3 is 2.35 bits per heavy atom. The summed E-state index contributed by atoms with van der Waals surface area (Å²) in [7, 11) is -3.42. The average molecular weight is 257 g/mol. The van der Waals surface area contributed by atoms with E-state index in [-0.39, 0.29) is 10.8 Å². The number of sulfonamides is 1. The van der Waals surface area contributed by atoms with E-state index in [1.807, 2.05) is 6.92 Å². The largest absolute Gasteiger partial charge is 0.393 e. The second kappa shape index (κ2) is 6.14. The van der Waals surface area contributed by atoms with Crippen LogP contribution in [-0.2, 0) is 10.0 Å². The zero-order valence-corrected chi connectivity index (χ0v) is 10.9. The second-order valence-corrected chi connectivity index (χ2v) is 6.12. The summed E-state index contributed by atoms with van der Waals surface area (Å²) in [5.41, 5.74) is 0. The van der Waals surface area contributed by atoms with Gasteiger partial charge in [-0.05, 0) is 31.4 Å². The van der Waals surface area contributed by atoms with Gasteiger partial charge in [-0.2, -0.15) is 0 Å². The minimum Gasteiger partial charge on any atom is -0.393 e. The summed E-state index contributed by atoms with van der Waals surface area (Å²) >= 11 is 0. The number of aliphatic hydroxyl groups excluding tert-OH is 1. The molecular formula is C12H19NO3S. The van der Waals surface area contributed by atoms with Crippen LogP contribution >= 0.6 is 0 Å². The summed E-state index contributed by atoms with van der Waals surface area (Å²) in [6, 6.07) is 8.26. The van der Waals surface area contributed by atoms with Gasteiger partial charge in [0.25, 0.3) is 0 Å². The number of nitrogens with one attached hydrogen (secondary N) is 1. The molecule has 2 N–H and O–H groups in total. The lowest BCUT2D eigenvalue weighted by Crippen LogP contribution is -2.29. The smallest absolute Gasteiger partial charge is 0.240 e. The van der Waals surface area contributed by atoms with E-state index < -0.39 is 16.1 Å². The molecule has 2 unspecified atom stereocenters. The quantitative estimate of drug-likeness (QED) is 0.809. The number of rotatable bonds is 6. The molecule has 0 fully saturated rings. The molecule has 0 heterocycles. The lowest BCUT2D eigenvalue weighted by molar-refractivity contribution is 0.165. The number of hydrogen-bond donors (Lipinski definition) is 2. The Morgan fingerprint density at radius 2 is 1.82 bits per heavy atom. The summed E-state index contributed by atoms with van der Waals surface area (Å²) in [5.74, 6) is 0.105. The van der Waals surface area contributed by atoms with Gasteiger partial charge in [-0.3, -0.25) is 0 Å². The molecule has 0 spiro atoms. The van der Waals surface area contributed by atoms with Crippen LogP contribution in [0.3, 0.4) is 0 Å². The van der Waals surface area contributed by atoms with Crippen molar-refractivity contribution in [2.24, 2.45) is 5.92 Å². The van der Waals surface area contributed by atoms with E-state index in [2.05, 4.69) is 4.72 Å². The van der Waals surface area contributed by atoms with E-state index in [1.165, 1.54) is 0 Å². The molecule has 0 aliphatic rings. The van der Waals surface area contributed by atoms with Crippen LogP contribution in [0.15, 0.2) is 35.2 Å². The van der Waals surface area contributed by atoms with Crippen molar-refractivity contribution in [3.8, 4) is 0 Å². The third-order valence-electron chi connectivity index (χ3n) is 2.42. The van der Waals surface area contributed by atoms with Gasteiger partial charge in [0.15, 0.2) is 0 Å². The van der Waals surface area contributed by atoms with E-state index in [4.69, 9.17) is 0 Å². The van der Waals surface area contributed by atoms with Crippen LogP contribution in [0.2, 0.25) is 0 Å². The molecule has 4 nitrogen and oxygen atoms in total. The monoisotopic (exact) mass is 257 g/mol. The van der Waals surface area contributed by atoms with Gasteiger partial charge in [0, 0.05) is 6.54 Å². The molecule has 1 aromatic rings. The van der Waals surface area contributed by atoms with E-state index in [0.717, 1.165) is 0 Å². The highest BCUT2D eigenvalue weighted by molar-refractivity contribution is 7.89. The van der Waals surface area contributed by atoms with Crippen LogP contribution in [0.5, 0.6) is 0 Å². The summed E-state index contributed by atoms with van der Waals surface area (Å²) in [6.07, 6.45) is 0.170. The van der Waals surface area contributed by atoms with Gasteiger partial charge in [-0.25, -0.2) is 13.1 Å². The van der Waals surface area contributed by atoms with Crippen molar-refractivity contribution in [2.75, 3.05) is 6.54 Å². The molecule has 96 valence electrons. The predicted octanol–water partition coefficient (Wildman–Crippen LogP) is 1.37. The molecule has 1 rings (SSSR count). The van der Waals surface area contributed by atoms with Crippen molar-refractivity contribution in [2.45, 2.75) is 31.3 Å². The number of hydrogen-bond acceptors (Lipinski definition) is 3. The topological polar surface area (TPSA) is 66.4 Å². The molecule has 17 heavy (non-hydrogen) atoms. The fraction of sp³-hybridized carbons (Fsp3) is 0.500. The molecular weight excluding hydrogens is 238 g/mol. The summed E-state index contributed by atoms with van der Waals surface area (Å²) in [5, 5.41) is 9.19. The van der Waals surface area contributed by atoms with Gasteiger partial charge < -0.3 is 5.11 Å². The molecule has 5 heteroatoms. The van der Waals surface area contributed by atoms with Gasteiger partial charge in [0.1, 0.15) is 0 Å². The minimum atomic E-state index is -3.42. The molecule has 0 saturated heterocycles. The molecule has 0 aliphatic carbocycles. The van der Waals surface area contributed by atoms with Crippen LogP contribution in [0, 0.1) is 5.92 Å². The van der Waals surface area contributed by atoms with Gasteiger partial charge in [-0.15, -0.1) is 0 Å². The highest BCUT2D eigenvalue weighted by Crippen LogP contribution is 2.09. The molecule has 0 saturated carbocycles. The summed E-state index contributed by atoms with van der Waals surface area (Å²) in [4.78, 5) is 0.268. The van der Waals surface area contributed by atoms with Crippen LogP contribution in [0.4, 0.5) is 0 Å². The van der Waals surface area contributed by atoms with Crippen molar-refractivity contribution < 1.29 is 13.5 Å². The van der Waals surface area contributed by atoms with E-state index >= 15 is 0 Å². The van der Waals surface area contributed by atoms with Crippen LogP contribution in [0.1, 0.15) is 20.3 Å². The molecule has 0 aromatic heterocycles. The maximum atomic E-state index is 11.8. The molecule has 0 radical (unpaired) electrons. The average Bonchev–Trinajstić information content (AvgIpc) is 2.27. The van der Waals surface area contributed by atoms with E-state index in [0.29, 0.717) is 13.0 Å². The Morgan fingerprint density at radius 1 is 1.24 bits per heavy atom. The molecule has 0 aliphatic heterocycles. The van der Waals surface area contributed by atoms with Crippen LogP contribution < -0.4 is 4.72 Å². The van der Waals surface area contributed by atoms with Gasteiger partial charge in [0.2, 0.25) is 10.0 Å².